The lowest BCUT2D eigenvalue weighted by Gasteiger charge is -2.22. The Morgan fingerprint density at radius 1 is 1.11 bits per heavy atom. The number of rotatable bonds is 4. The van der Waals surface area contributed by atoms with Crippen LogP contribution in [0.5, 0.6) is 0 Å². The first-order chi connectivity index (χ1) is 12.7. The van der Waals surface area contributed by atoms with Crippen molar-refractivity contribution in [3.8, 4) is 0 Å². The SMILES string of the molecule is CC1(c2ccc(Cl)cc2)NC(=O)N(CC(=O)Nc2cccc(Cl)c2Cl)C1=O. The van der Waals surface area contributed by atoms with Crippen LogP contribution in [0.1, 0.15) is 12.5 Å². The van der Waals surface area contributed by atoms with E-state index in [0.29, 0.717) is 16.3 Å². The minimum Gasteiger partial charge on any atom is -0.323 e. The van der Waals surface area contributed by atoms with Crippen molar-refractivity contribution in [3.05, 3.63) is 63.1 Å². The average Bonchev–Trinajstić information content (AvgIpc) is 2.83. The molecule has 1 heterocycles. The summed E-state index contributed by atoms with van der Waals surface area (Å²) in [5, 5.41) is 6.13. The van der Waals surface area contributed by atoms with Gasteiger partial charge in [0.2, 0.25) is 5.91 Å². The number of carbonyl (C=O) groups excluding carboxylic acids is 3. The fraction of sp³-hybridized carbons (Fsp3) is 0.167. The average molecular weight is 427 g/mol. The van der Waals surface area contributed by atoms with Crippen LogP contribution in [0.3, 0.4) is 0 Å². The van der Waals surface area contributed by atoms with Gasteiger partial charge in [-0.05, 0) is 36.8 Å². The molecule has 1 unspecified atom stereocenters. The molecule has 0 aromatic heterocycles. The molecule has 0 bridgehead atoms. The Morgan fingerprint density at radius 3 is 2.44 bits per heavy atom. The second kappa shape index (κ2) is 7.38. The summed E-state index contributed by atoms with van der Waals surface area (Å²) < 4.78 is 0. The summed E-state index contributed by atoms with van der Waals surface area (Å²) in [5.74, 6) is -1.12. The van der Waals surface area contributed by atoms with Gasteiger partial charge in [0.1, 0.15) is 12.1 Å². The lowest BCUT2D eigenvalue weighted by molar-refractivity contribution is -0.133. The number of nitrogens with zero attached hydrogens (tertiary/aromatic N) is 1. The molecule has 9 heteroatoms. The third-order valence-corrected chi connectivity index (χ3v) is 5.29. The standard InChI is InChI=1S/C18H14Cl3N3O3/c1-18(10-5-7-11(19)8-6-10)16(26)24(17(27)23-18)9-14(25)22-13-4-2-3-12(20)15(13)21/h2-8H,9H2,1H3,(H,22,25)(H,23,27). The summed E-state index contributed by atoms with van der Waals surface area (Å²) >= 11 is 17.8. The highest BCUT2D eigenvalue weighted by atomic mass is 35.5. The molecule has 6 nitrogen and oxygen atoms in total. The van der Waals surface area contributed by atoms with Crippen molar-refractivity contribution in [3.63, 3.8) is 0 Å². The van der Waals surface area contributed by atoms with Crippen LogP contribution in [0, 0.1) is 0 Å². The predicted molar refractivity (Wildman–Crippen MR) is 104 cm³/mol. The number of imide groups is 1. The van der Waals surface area contributed by atoms with Gasteiger partial charge in [-0.15, -0.1) is 0 Å². The summed E-state index contributed by atoms with van der Waals surface area (Å²) in [6.45, 7) is 1.11. The molecular formula is C18H14Cl3N3O3. The quantitative estimate of drug-likeness (QED) is 0.724. The summed E-state index contributed by atoms with van der Waals surface area (Å²) in [5.41, 5.74) is -0.428. The minimum atomic E-state index is -1.28. The van der Waals surface area contributed by atoms with E-state index in [2.05, 4.69) is 10.6 Å². The van der Waals surface area contributed by atoms with Crippen LogP contribution in [0.2, 0.25) is 15.1 Å². The van der Waals surface area contributed by atoms with Gasteiger partial charge in [-0.3, -0.25) is 14.5 Å². The number of urea groups is 1. The highest BCUT2D eigenvalue weighted by molar-refractivity contribution is 6.44. The number of amides is 4. The van der Waals surface area contributed by atoms with Crippen LogP contribution < -0.4 is 10.6 Å². The van der Waals surface area contributed by atoms with Gasteiger partial charge >= 0.3 is 6.03 Å². The van der Waals surface area contributed by atoms with Crippen molar-refractivity contribution < 1.29 is 14.4 Å². The van der Waals surface area contributed by atoms with Gasteiger partial charge in [0.15, 0.2) is 0 Å². The first kappa shape index (κ1) is 19.5. The molecule has 1 aliphatic rings. The molecule has 1 saturated heterocycles. The maximum Gasteiger partial charge on any atom is 0.325 e. The topological polar surface area (TPSA) is 78.5 Å². The maximum absolute atomic E-state index is 12.8. The third-order valence-electron chi connectivity index (χ3n) is 4.22. The van der Waals surface area contributed by atoms with Crippen molar-refractivity contribution in [1.82, 2.24) is 10.2 Å². The molecular weight excluding hydrogens is 413 g/mol. The molecule has 0 saturated carbocycles. The summed E-state index contributed by atoms with van der Waals surface area (Å²) in [6, 6.07) is 10.6. The first-order valence-corrected chi connectivity index (χ1v) is 9.00. The number of carbonyl (C=O) groups is 3. The second-order valence-electron chi connectivity index (χ2n) is 6.10. The van der Waals surface area contributed by atoms with E-state index in [1.54, 1.807) is 49.4 Å². The Kier molecular flexibility index (Phi) is 5.33. The first-order valence-electron chi connectivity index (χ1n) is 7.86. The molecule has 0 spiro atoms. The van der Waals surface area contributed by atoms with E-state index in [1.807, 2.05) is 0 Å². The molecule has 2 aromatic rings. The zero-order chi connectivity index (χ0) is 19.8. The smallest absolute Gasteiger partial charge is 0.323 e. The lowest BCUT2D eigenvalue weighted by Crippen LogP contribution is -2.42. The summed E-state index contributed by atoms with van der Waals surface area (Å²) in [6.07, 6.45) is 0. The highest BCUT2D eigenvalue weighted by Gasteiger charge is 2.49. The van der Waals surface area contributed by atoms with Crippen LogP contribution in [0.25, 0.3) is 0 Å². The van der Waals surface area contributed by atoms with Crippen molar-refractivity contribution in [2.24, 2.45) is 0 Å². The van der Waals surface area contributed by atoms with Crippen LogP contribution in [-0.4, -0.2) is 29.3 Å². The lowest BCUT2D eigenvalue weighted by atomic mass is 9.92. The normalized spacial score (nSPS) is 19.2. The van der Waals surface area contributed by atoms with Gasteiger partial charge in [0.25, 0.3) is 5.91 Å². The Balaban J connectivity index is 1.76. The number of hydrogen-bond acceptors (Lipinski definition) is 3. The van der Waals surface area contributed by atoms with Crippen LogP contribution in [-0.2, 0) is 15.1 Å². The zero-order valence-electron chi connectivity index (χ0n) is 14.1. The molecule has 1 atom stereocenters. The van der Waals surface area contributed by atoms with Crippen molar-refractivity contribution >= 4 is 58.3 Å². The molecule has 2 aromatic carbocycles. The van der Waals surface area contributed by atoms with E-state index < -0.39 is 29.9 Å². The fourth-order valence-corrected chi connectivity index (χ4v) is 3.23. The van der Waals surface area contributed by atoms with E-state index in [9.17, 15) is 14.4 Å². The zero-order valence-corrected chi connectivity index (χ0v) is 16.3. The minimum absolute atomic E-state index is 0.177. The van der Waals surface area contributed by atoms with Gasteiger partial charge in [-0.1, -0.05) is 53.0 Å². The van der Waals surface area contributed by atoms with E-state index in [1.165, 1.54) is 0 Å². The van der Waals surface area contributed by atoms with Gasteiger partial charge in [-0.2, -0.15) is 0 Å². The van der Waals surface area contributed by atoms with Crippen LogP contribution in [0.4, 0.5) is 10.5 Å². The van der Waals surface area contributed by atoms with Gasteiger partial charge in [-0.25, -0.2) is 4.79 Å². The Labute approximate surface area is 170 Å². The Morgan fingerprint density at radius 2 is 1.78 bits per heavy atom. The summed E-state index contributed by atoms with van der Waals surface area (Å²) in [7, 11) is 0. The predicted octanol–water partition coefficient (Wildman–Crippen LogP) is 4.05. The molecule has 0 aliphatic carbocycles. The van der Waals surface area contributed by atoms with E-state index in [0.717, 1.165) is 4.90 Å². The fourth-order valence-electron chi connectivity index (χ4n) is 2.75. The number of benzene rings is 2. The van der Waals surface area contributed by atoms with Gasteiger partial charge < -0.3 is 10.6 Å². The molecule has 27 heavy (non-hydrogen) atoms. The van der Waals surface area contributed by atoms with Crippen molar-refractivity contribution in [2.75, 3.05) is 11.9 Å². The van der Waals surface area contributed by atoms with Crippen molar-refractivity contribution in [2.45, 2.75) is 12.5 Å². The molecule has 2 N–H and O–H groups in total. The number of hydrogen-bond donors (Lipinski definition) is 2. The Hall–Kier alpha value is -2.28. The molecule has 140 valence electrons. The number of anilines is 1. The molecule has 0 radical (unpaired) electrons. The Bertz CT molecular complexity index is 933. The van der Waals surface area contributed by atoms with Crippen LogP contribution >= 0.6 is 34.8 Å². The van der Waals surface area contributed by atoms with Gasteiger partial charge in [0.05, 0.1) is 15.7 Å². The van der Waals surface area contributed by atoms with E-state index >= 15 is 0 Å². The summed E-state index contributed by atoms with van der Waals surface area (Å²) in [4.78, 5) is 38.3. The van der Waals surface area contributed by atoms with E-state index in [4.69, 9.17) is 34.8 Å². The maximum atomic E-state index is 12.8. The van der Waals surface area contributed by atoms with Crippen molar-refractivity contribution in [1.29, 1.82) is 0 Å². The highest BCUT2D eigenvalue weighted by Crippen LogP contribution is 2.31. The van der Waals surface area contributed by atoms with E-state index in [-0.39, 0.29) is 10.0 Å². The largest absolute Gasteiger partial charge is 0.325 e. The number of nitrogens with one attached hydrogen (secondary N) is 2. The molecule has 1 fully saturated rings. The van der Waals surface area contributed by atoms with Gasteiger partial charge in [0, 0.05) is 5.02 Å². The second-order valence-corrected chi connectivity index (χ2v) is 7.32. The molecule has 3 rings (SSSR count). The van der Waals surface area contributed by atoms with Crippen LogP contribution in [0.15, 0.2) is 42.5 Å². The number of halogens is 3. The third kappa shape index (κ3) is 3.74. The monoisotopic (exact) mass is 425 g/mol. The molecule has 4 amide bonds. The molecule has 1 aliphatic heterocycles.